The van der Waals surface area contributed by atoms with Crippen LogP contribution >= 0.6 is 0 Å². The summed E-state index contributed by atoms with van der Waals surface area (Å²) < 4.78 is 26.8. The maximum atomic E-state index is 13.8. The Morgan fingerprint density at radius 2 is 1.81 bits per heavy atom. The molecule has 0 atom stereocenters. The van der Waals surface area contributed by atoms with Crippen LogP contribution in [-0.2, 0) is 0 Å². The molecule has 0 saturated heterocycles. The largest absolute Gasteiger partial charge is 0.362 e. The summed E-state index contributed by atoms with van der Waals surface area (Å²) in [6, 6.07) is 11.2. The van der Waals surface area contributed by atoms with Crippen LogP contribution in [0, 0.1) is 17.6 Å². The van der Waals surface area contributed by atoms with E-state index in [-0.39, 0.29) is 11.6 Å². The van der Waals surface area contributed by atoms with Crippen molar-refractivity contribution in [2.75, 3.05) is 30.9 Å². The van der Waals surface area contributed by atoms with Crippen LogP contribution in [0.3, 0.4) is 0 Å². The fourth-order valence-electron chi connectivity index (χ4n) is 4.16. The molecule has 1 heterocycles. The second kappa shape index (κ2) is 9.46. The number of rotatable bonds is 6. The molecule has 8 heteroatoms. The van der Waals surface area contributed by atoms with Gasteiger partial charge in [0.1, 0.15) is 17.5 Å². The maximum Gasteiger partial charge on any atom is 0.254 e. The van der Waals surface area contributed by atoms with E-state index in [1.807, 2.05) is 43.3 Å². The zero-order valence-electron chi connectivity index (χ0n) is 18.2. The number of carbonyl (C=O) groups is 1. The van der Waals surface area contributed by atoms with Gasteiger partial charge < -0.3 is 15.5 Å². The van der Waals surface area contributed by atoms with Crippen LogP contribution < -0.4 is 15.5 Å². The third kappa shape index (κ3) is 4.95. The molecule has 0 spiro atoms. The van der Waals surface area contributed by atoms with Gasteiger partial charge in [0, 0.05) is 38.1 Å². The lowest BCUT2D eigenvalue weighted by Gasteiger charge is -2.29. The summed E-state index contributed by atoms with van der Waals surface area (Å²) in [6.45, 7) is 0.472. The summed E-state index contributed by atoms with van der Waals surface area (Å²) in [5.41, 5.74) is 0.769. The number of anilines is 2. The predicted molar refractivity (Wildman–Crippen MR) is 122 cm³/mol. The van der Waals surface area contributed by atoms with Crippen LogP contribution in [0.1, 0.15) is 36.0 Å². The Balaban J connectivity index is 1.32. The Morgan fingerprint density at radius 1 is 1.06 bits per heavy atom. The van der Waals surface area contributed by atoms with Crippen molar-refractivity contribution in [2.24, 2.45) is 5.92 Å². The van der Waals surface area contributed by atoms with Crippen molar-refractivity contribution in [3.05, 3.63) is 59.7 Å². The number of halogens is 2. The Kier molecular flexibility index (Phi) is 6.48. The molecule has 1 fully saturated rings. The molecular formula is C24H27F2N5O. The number of para-hydroxylation sites is 1. The molecule has 1 aliphatic carbocycles. The summed E-state index contributed by atoms with van der Waals surface area (Å²) in [5.74, 6) is -0.238. The van der Waals surface area contributed by atoms with E-state index in [0.29, 0.717) is 18.4 Å². The van der Waals surface area contributed by atoms with Gasteiger partial charge in [-0.1, -0.05) is 12.1 Å². The number of fused-ring (bicyclic) bond motifs is 1. The van der Waals surface area contributed by atoms with Gasteiger partial charge >= 0.3 is 0 Å². The molecule has 1 aromatic heterocycles. The molecule has 1 amide bonds. The lowest BCUT2D eigenvalue weighted by atomic mass is 9.86. The smallest absolute Gasteiger partial charge is 0.254 e. The van der Waals surface area contributed by atoms with Crippen molar-refractivity contribution < 1.29 is 13.6 Å². The van der Waals surface area contributed by atoms with Gasteiger partial charge in [-0.2, -0.15) is 4.98 Å². The minimum absolute atomic E-state index is 0.132. The Morgan fingerprint density at radius 3 is 2.53 bits per heavy atom. The molecule has 0 bridgehead atoms. The number of hydrogen-bond donors (Lipinski definition) is 2. The van der Waals surface area contributed by atoms with Crippen LogP contribution in [0.2, 0.25) is 0 Å². The van der Waals surface area contributed by atoms with Crippen LogP contribution in [0.4, 0.5) is 20.5 Å². The lowest BCUT2D eigenvalue weighted by molar-refractivity contribution is 0.0939. The minimum atomic E-state index is -0.845. The summed E-state index contributed by atoms with van der Waals surface area (Å²) in [6.07, 6.45) is 3.72. The molecule has 1 aliphatic rings. The number of benzene rings is 2. The van der Waals surface area contributed by atoms with E-state index in [2.05, 4.69) is 15.6 Å². The summed E-state index contributed by atoms with van der Waals surface area (Å²) in [4.78, 5) is 23.6. The van der Waals surface area contributed by atoms with Crippen molar-refractivity contribution in [2.45, 2.75) is 31.7 Å². The highest BCUT2D eigenvalue weighted by Gasteiger charge is 2.23. The minimum Gasteiger partial charge on any atom is -0.362 e. The first-order valence-corrected chi connectivity index (χ1v) is 10.8. The number of nitrogens with zero attached hydrogens (tertiary/aromatic N) is 3. The van der Waals surface area contributed by atoms with E-state index in [1.165, 1.54) is 6.07 Å². The van der Waals surface area contributed by atoms with E-state index in [0.717, 1.165) is 54.5 Å². The van der Waals surface area contributed by atoms with Gasteiger partial charge in [0.05, 0.1) is 11.1 Å². The number of amides is 1. The number of aromatic nitrogens is 2. The van der Waals surface area contributed by atoms with Crippen LogP contribution in [0.15, 0.2) is 42.5 Å². The normalized spacial score (nSPS) is 18.4. The zero-order valence-corrected chi connectivity index (χ0v) is 18.2. The highest BCUT2D eigenvalue weighted by Crippen LogP contribution is 2.28. The monoisotopic (exact) mass is 439 g/mol. The summed E-state index contributed by atoms with van der Waals surface area (Å²) >= 11 is 0. The first-order valence-electron chi connectivity index (χ1n) is 10.8. The number of nitrogens with one attached hydrogen (secondary N) is 2. The van der Waals surface area contributed by atoms with Gasteiger partial charge in [-0.05, 0) is 55.9 Å². The molecule has 2 aromatic carbocycles. The standard InChI is InChI=1S/C24H27F2N5O/c1-31(2)22-19-5-3-4-6-21(19)29-24(30-22)28-17-10-7-15(8-11-17)14-27-23(32)18-12-9-16(25)13-20(18)26/h3-6,9,12-13,15,17H,7-8,10-11,14H2,1-2H3,(H,27,32)(H,28,29,30)/t15-,17+. The van der Waals surface area contributed by atoms with E-state index in [9.17, 15) is 13.6 Å². The molecule has 0 unspecified atom stereocenters. The number of carbonyl (C=O) groups excluding carboxylic acids is 1. The van der Waals surface area contributed by atoms with Gasteiger partial charge in [0.15, 0.2) is 0 Å². The molecule has 0 aliphatic heterocycles. The van der Waals surface area contributed by atoms with Gasteiger partial charge in [-0.15, -0.1) is 0 Å². The maximum absolute atomic E-state index is 13.8. The van der Waals surface area contributed by atoms with Crippen LogP contribution in [0.5, 0.6) is 0 Å². The van der Waals surface area contributed by atoms with Gasteiger partial charge in [0.2, 0.25) is 5.95 Å². The zero-order chi connectivity index (χ0) is 22.7. The highest BCUT2D eigenvalue weighted by atomic mass is 19.1. The molecule has 6 nitrogen and oxygen atoms in total. The lowest BCUT2D eigenvalue weighted by Crippen LogP contribution is -2.34. The predicted octanol–water partition coefficient (Wildman–Crippen LogP) is 4.37. The number of hydrogen-bond acceptors (Lipinski definition) is 5. The molecule has 1 saturated carbocycles. The summed E-state index contributed by atoms with van der Waals surface area (Å²) in [5, 5.41) is 7.27. The van der Waals surface area contributed by atoms with E-state index in [4.69, 9.17) is 4.98 Å². The molecule has 2 N–H and O–H groups in total. The van der Waals surface area contributed by atoms with Crippen LogP contribution in [-0.4, -0.2) is 42.6 Å². The van der Waals surface area contributed by atoms with Gasteiger partial charge in [0.25, 0.3) is 5.91 Å². The third-order valence-corrected chi connectivity index (χ3v) is 5.91. The molecule has 3 aromatic rings. The molecule has 32 heavy (non-hydrogen) atoms. The highest BCUT2D eigenvalue weighted by molar-refractivity contribution is 5.94. The molecule has 0 radical (unpaired) electrons. The first kappa shape index (κ1) is 21.9. The van der Waals surface area contributed by atoms with Crippen molar-refractivity contribution >= 4 is 28.6 Å². The van der Waals surface area contributed by atoms with Crippen LogP contribution in [0.25, 0.3) is 10.9 Å². The summed E-state index contributed by atoms with van der Waals surface area (Å²) in [7, 11) is 3.94. The van der Waals surface area contributed by atoms with E-state index < -0.39 is 17.5 Å². The first-order chi connectivity index (χ1) is 15.4. The Hall–Kier alpha value is -3.29. The van der Waals surface area contributed by atoms with Gasteiger partial charge in [-0.3, -0.25) is 4.79 Å². The third-order valence-electron chi connectivity index (χ3n) is 5.91. The average Bonchev–Trinajstić information content (AvgIpc) is 2.78. The van der Waals surface area contributed by atoms with Gasteiger partial charge in [-0.25, -0.2) is 13.8 Å². The van der Waals surface area contributed by atoms with Crippen molar-refractivity contribution in [3.8, 4) is 0 Å². The van der Waals surface area contributed by atoms with Crippen molar-refractivity contribution in [3.63, 3.8) is 0 Å². The SMILES string of the molecule is CN(C)c1nc(N[C@H]2CC[C@@H](CNC(=O)c3ccc(F)cc3F)CC2)nc2ccccc12. The van der Waals surface area contributed by atoms with E-state index in [1.54, 1.807) is 0 Å². The fraction of sp³-hybridized carbons (Fsp3) is 0.375. The molecule has 168 valence electrons. The Bertz CT molecular complexity index is 1110. The quantitative estimate of drug-likeness (QED) is 0.597. The molecule has 4 rings (SSSR count). The van der Waals surface area contributed by atoms with Crippen molar-refractivity contribution in [1.29, 1.82) is 0 Å². The second-order valence-corrected chi connectivity index (χ2v) is 8.48. The van der Waals surface area contributed by atoms with Crippen molar-refractivity contribution in [1.82, 2.24) is 15.3 Å². The topological polar surface area (TPSA) is 70.2 Å². The molecular weight excluding hydrogens is 412 g/mol. The average molecular weight is 440 g/mol. The Labute approximate surface area is 186 Å². The second-order valence-electron chi connectivity index (χ2n) is 8.48. The van der Waals surface area contributed by atoms with E-state index >= 15 is 0 Å². The fourth-order valence-corrected chi connectivity index (χ4v) is 4.16.